The van der Waals surface area contributed by atoms with Crippen LogP contribution in [0.5, 0.6) is 0 Å². The summed E-state index contributed by atoms with van der Waals surface area (Å²) in [5.41, 5.74) is 1.47. The van der Waals surface area contributed by atoms with Crippen LogP contribution in [-0.4, -0.2) is 32.1 Å². The topological polar surface area (TPSA) is 38.8 Å². The zero-order valence-corrected chi connectivity index (χ0v) is 17.9. The number of hydrogen-bond acceptors (Lipinski definition) is 4. The van der Waals surface area contributed by atoms with Gasteiger partial charge in [-0.2, -0.15) is 13.2 Å². The number of nitrogens with zero attached hydrogens (tertiary/aromatic N) is 1. The number of alkyl halides is 3. The Hall–Kier alpha value is -2.54. The molecule has 0 spiro atoms. The minimum absolute atomic E-state index is 0.0670. The minimum Gasteiger partial charge on any atom is -0.488 e. The van der Waals surface area contributed by atoms with Crippen molar-refractivity contribution in [1.29, 1.82) is 0 Å². The lowest BCUT2D eigenvalue weighted by molar-refractivity contribution is -0.137. The molecular weight excluding hydrogens is 407 g/mol. The van der Waals surface area contributed by atoms with E-state index in [0.29, 0.717) is 36.4 Å². The molecule has 0 aromatic heterocycles. The Balaban J connectivity index is 1.71. The average molecular weight is 435 g/mol. The van der Waals surface area contributed by atoms with Crippen LogP contribution in [0.25, 0.3) is 0 Å². The van der Waals surface area contributed by atoms with Crippen molar-refractivity contribution in [2.75, 3.05) is 24.6 Å². The standard InChI is InChI=1S/C24H28F3NO3/c1-3-5-10-28(4-2)22-9-6-17(12-21(22)24(25,26)27)15-30-20-8-7-19-11-18(14-29)16-31-23(19)13-20/h6-7,9,11-14,20H,3-5,8,10,15-16H2,1-2H3. The van der Waals surface area contributed by atoms with Gasteiger partial charge in [-0.25, -0.2) is 0 Å². The second-order valence-corrected chi connectivity index (χ2v) is 7.68. The van der Waals surface area contributed by atoms with E-state index >= 15 is 0 Å². The molecule has 0 fully saturated rings. The highest BCUT2D eigenvalue weighted by Crippen LogP contribution is 2.38. The molecule has 1 unspecified atom stereocenters. The lowest BCUT2D eigenvalue weighted by Gasteiger charge is -2.27. The van der Waals surface area contributed by atoms with Gasteiger partial charge in [0, 0.05) is 29.9 Å². The number of carbonyl (C=O) groups is 1. The fraction of sp³-hybridized carbons (Fsp3) is 0.458. The van der Waals surface area contributed by atoms with E-state index in [-0.39, 0.29) is 25.0 Å². The number of anilines is 1. The van der Waals surface area contributed by atoms with Gasteiger partial charge < -0.3 is 14.4 Å². The van der Waals surface area contributed by atoms with E-state index in [1.807, 2.05) is 26.0 Å². The van der Waals surface area contributed by atoms with Crippen molar-refractivity contribution in [1.82, 2.24) is 0 Å². The monoisotopic (exact) mass is 435 g/mol. The number of aldehydes is 1. The van der Waals surface area contributed by atoms with Gasteiger partial charge in [-0.05, 0) is 49.6 Å². The van der Waals surface area contributed by atoms with Crippen LogP contribution in [0.15, 0.2) is 53.3 Å². The van der Waals surface area contributed by atoms with Crippen LogP contribution in [0.1, 0.15) is 44.2 Å². The fourth-order valence-electron chi connectivity index (χ4n) is 3.70. The molecule has 3 rings (SSSR count). The minimum atomic E-state index is -4.44. The molecule has 0 radical (unpaired) electrons. The van der Waals surface area contributed by atoms with Crippen LogP contribution in [0, 0.1) is 0 Å². The summed E-state index contributed by atoms with van der Waals surface area (Å²) in [6, 6.07) is 4.44. The van der Waals surface area contributed by atoms with Crippen molar-refractivity contribution in [3.8, 4) is 0 Å². The van der Waals surface area contributed by atoms with E-state index in [9.17, 15) is 18.0 Å². The van der Waals surface area contributed by atoms with Crippen LogP contribution in [0.2, 0.25) is 0 Å². The molecule has 168 valence electrons. The fourth-order valence-corrected chi connectivity index (χ4v) is 3.70. The zero-order valence-electron chi connectivity index (χ0n) is 17.9. The first-order valence-corrected chi connectivity index (χ1v) is 10.6. The summed E-state index contributed by atoms with van der Waals surface area (Å²) in [5, 5.41) is 0. The van der Waals surface area contributed by atoms with Gasteiger partial charge in [-0.1, -0.05) is 25.5 Å². The highest BCUT2D eigenvalue weighted by Gasteiger charge is 2.35. The van der Waals surface area contributed by atoms with E-state index in [1.54, 1.807) is 23.1 Å². The number of benzene rings is 1. The van der Waals surface area contributed by atoms with E-state index in [4.69, 9.17) is 9.47 Å². The summed E-state index contributed by atoms with van der Waals surface area (Å²) in [7, 11) is 0. The molecule has 0 amide bonds. The number of carbonyl (C=O) groups excluding carboxylic acids is 1. The number of rotatable bonds is 9. The van der Waals surface area contributed by atoms with Crippen LogP contribution in [0.4, 0.5) is 18.9 Å². The normalized spacial score (nSPS) is 18.4. The van der Waals surface area contributed by atoms with E-state index < -0.39 is 11.7 Å². The molecule has 1 aromatic carbocycles. The molecule has 0 N–H and O–H groups in total. The molecule has 2 aliphatic rings. The summed E-state index contributed by atoms with van der Waals surface area (Å²) in [5.74, 6) is 0.641. The van der Waals surface area contributed by atoms with Gasteiger partial charge in [0.15, 0.2) is 0 Å². The first-order valence-electron chi connectivity index (χ1n) is 10.6. The Morgan fingerprint density at radius 2 is 2.10 bits per heavy atom. The average Bonchev–Trinajstić information content (AvgIpc) is 2.77. The molecular formula is C24H28F3NO3. The Labute approximate surface area is 181 Å². The van der Waals surface area contributed by atoms with E-state index in [2.05, 4.69) is 0 Å². The summed E-state index contributed by atoms with van der Waals surface area (Å²) < 4.78 is 52.7. The van der Waals surface area contributed by atoms with Gasteiger partial charge >= 0.3 is 6.18 Å². The Kier molecular flexibility index (Phi) is 7.59. The predicted octanol–water partition coefficient (Wildman–Crippen LogP) is 5.59. The van der Waals surface area contributed by atoms with Gasteiger partial charge in [0.25, 0.3) is 0 Å². The molecule has 1 atom stereocenters. The summed E-state index contributed by atoms with van der Waals surface area (Å²) in [6.07, 6.45) is 3.88. The molecule has 7 heteroatoms. The third-order valence-electron chi connectivity index (χ3n) is 5.41. The second-order valence-electron chi connectivity index (χ2n) is 7.68. The van der Waals surface area contributed by atoms with Crippen molar-refractivity contribution in [2.45, 2.75) is 52.0 Å². The summed E-state index contributed by atoms with van der Waals surface area (Å²) in [4.78, 5) is 12.7. The number of allylic oxidation sites excluding steroid dienone is 1. The number of hydrogen-bond donors (Lipinski definition) is 0. The number of unbranched alkanes of at least 4 members (excludes halogenated alkanes) is 1. The number of fused-ring (bicyclic) bond motifs is 1. The molecule has 0 bridgehead atoms. The Morgan fingerprint density at radius 3 is 2.77 bits per heavy atom. The van der Waals surface area contributed by atoms with Gasteiger partial charge in [-0.15, -0.1) is 0 Å². The number of ether oxygens (including phenoxy) is 2. The second kappa shape index (κ2) is 10.2. The SMILES string of the molecule is CCCCN(CC)c1ccc(COC2C=C3OCC(C=O)=CC3=CC2)cc1C(F)(F)F. The first kappa shape index (κ1) is 23.1. The smallest absolute Gasteiger partial charge is 0.418 e. The summed E-state index contributed by atoms with van der Waals surface area (Å²) >= 11 is 0. The van der Waals surface area contributed by atoms with Crippen molar-refractivity contribution < 1.29 is 27.4 Å². The largest absolute Gasteiger partial charge is 0.488 e. The molecule has 1 aliphatic heterocycles. The van der Waals surface area contributed by atoms with Gasteiger partial charge in [0.1, 0.15) is 18.7 Å². The molecule has 31 heavy (non-hydrogen) atoms. The third-order valence-corrected chi connectivity index (χ3v) is 5.41. The molecule has 0 saturated heterocycles. The van der Waals surface area contributed by atoms with Crippen LogP contribution >= 0.6 is 0 Å². The van der Waals surface area contributed by atoms with Crippen molar-refractivity contribution in [2.24, 2.45) is 0 Å². The van der Waals surface area contributed by atoms with Crippen molar-refractivity contribution in [3.05, 3.63) is 64.5 Å². The van der Waals surface area contributed by atoms with E-state index in [0.717, 1.165) is 24.7 Å². The lowest BCUT2D eigenvalue weighted by Crippen LogP contribution is -2.27. The van der Waals surface area contributed by atoms with Crippen LogP contribution < -0.4 is 4.90 Å². The molecule has 1 heterocycles. The molecule has 1 aliphatic carbocycles. The van der Waals surface area contributed by atoms with Crippen LogP contribution in [-0.2, 0) is 27.1 Å². The van der Waals surface area contributed by atoms with Crippen LogP contribution in [0.3, 0.4) is 0 Å². The van der Waals surface area contributed by atoms with Crippen molar-refractivity contribution in [3.63, 3.8) is 0 Å². The Bertz CT molecular complexity index is 887. The maximum atomic E-state index is 13.8. The molecule has 1 aromatic rings. The first-order chi connectivity index (χ1) is 14.9. The molecule has 4 nitrogen and oxygen atoms in total. The predicted molar refractivity (Wildman–Crippen MR) is 114 cm³/mol. The lowest BCUT2D eigenvalue weighted by atomic mass is 9.99. The molecule has 0 saturated carbocycles. The quantitative estimate of drug-likeness (QED) is 0.474. The Morgan fingerprint density at radius 1 is 1.29 bits per heavy atom. The van der Waals surface area contributed by atoms with Gasteiger partial charge in [-0.3, -0.25) is 4.79 Å². The maximum absolute atomic E-state index is 13.8. The van der Waals surface area contributed by atoms with Gasteiger partial charge in [0.2, 0.25) is 0 Å². The van der Waals surface area contributed by atoms with Crippen molar-refractivity contribution >= 4 is 12.0 Å². The highest BCUT2D eigenvalue weighted by atomic mass is 19.4. The summed E-state index contributed by atoms with van der Waals surface area (Å²) in [6.45, 7) is 5.28. The number of halogens is 3. The van der Waals surface area contributed by atoms with Gasteiger partial charge in [0.05, 0.1) is 18.3 Å². The highest BCUT2D eigenvalue weighted by molar-refractivity contribution is 5.76. The van der Waals surface area contributed by atoms with E-state index in [1.165, 1.54) is 6.07 Å². The zero-order chi connectivity index (χ0) is 22.4. The maximum Gasteiger partial charge on any atom is 0.418 e. The third kappa shape index (κ3) is 5.79.